The topological polar surface area (TPSA) is 89.4 Å². The summed E-state index contributed by atoms with van der Waals surface area (Å²) in [6, 6.07) is 3.75. The largest absolute Gasteiger partial charge is 0.464 e. The zero-order valence-corrected chi connectivity index (χ0v) is 11.6. The predicted octanol–water partition coefficient (Wildman–Crippen LogP) is 1.33. The van der Waals surface area contributed by atoms with Crippen LogP contribution in [0.15, 0.2) is 27.0 Å². The van der Waals surface area contributed by atoms with Gasteiger partial charge >= 0.3 is 0 Å². The maximum absolute atomic E-state index is 11.1. The number of nitrogens with zero attached hydrogens (tertiary/aromatic N) is 2. The van der Waals surface area contributed by atoms with Crippen LogP contribution in [0.25, 0.3) is 0 Å². The number of hydrogen-bond donors (Lipinski definition) is 1. The van der Waals surface area contributed by atoms with Gasteiger partial charge < -0.3 is 9.32 Å². The van der Waals surface area contributed by atoms with Gasteiger partial charge in [-0.05, 0) is 19.1 Å². The Labute approximate surface area is 109 Å². The standard InChI is InChI=1S/C10H13N3O3S2/c1-7-3-4-8(16-7)6-13(2)10-12-5-9(17-10)18(11,14)15/h3-5H,6H2,1-2H3,(H2,11,14,15). The molecular weight excluding hydrogens is 274 g/mol. The Kier molecular flexibility index (Phi) is 3.42. The first-order valence-corrected chi connectivity index (χ1v) is 7.47. The lowest BCUT2D eigenvalue weighted by Gasteiger charge is -2.13. The molecule has 2 rings (SSSR count). The van der Waals surface area contributed by atoms with E-state index in [4.69, 9.17) is 9.56 Å². The second-order valence-corrected chi connectivity index (χ2v) is 6.67. The van der Waals surface area contributed by atoms with Gasteiger partial charge in [0.25, 0.3) is 0 Å². The highest BCUT2D eigenvalue weighted by molar-refractivity contribution is 7.91. The molecule has 0 radical (unpaired) electrons. The molecule has 2 aromatic heterocycles. The molecule has 2 aromatic rings. The van der Waals surface area contributed by atoms with Gasteiger partial charge in [0.05, 0.1) is 12.7 Å². The van der Waals surface area contributed by atoms with Gasteiger partial charge in [0.1, 0.15) is 11.5 Å². The summed E-state index contributed by atoms with van der Waals surface area (Å²) in [4.78, 5) is 5.83. The van der Waals surface area contributed by atoms with Gasteiger partial charge in [-0.25, -0.2) is 18.5 Å². The molecule has 0 saturated heterocycles. The molecule has 0 aliphatic rings. The van der Waals surface area contributed by atoms with Gasteiger partial charge in [-0.15, -0.1) is 0 Å². The van der Waals surface area contributed by atoms with E-state index in [9.17, 15) is 8.42 Å². The van der Waals surface area contributed by atoms with Crippen molar-refractivity contribution in [3.8, 4) is 0 Å². The number of sulfonamides is 1. The van der Waals surface area contributed by atoms with Crippen molar-refractivity contribution < 1.29 is 12.8 Å². The molecule has 6 nitrogen and oxygen atoms in total. The van der Waals surface area contributed by atoms with E-state index in [1.54, 1.807) is 4.90 Å². The van der Waals surface area contributed by atoms with E-state index in [-0.39, 0.29) is 4.21 Å². The summed E-state index contributed by atoms with van der Waals surface area (Å²) in [5.74, 6) is 1.63. The molecule has 0 bridgehead atoms. The number of aromatic nitrogens is 1. The number of aryl methyl sites for hydroxylation is 1. The van der Waals surface area contributed by atoms with Crippen LogP contribution in [0.4, 0.5) is 5.13 Å². The first-order chi connectivity index (χ1) is 8.36. The lowest BCUT2D eigenvalue weighted by molar-refractivity contribution is 0.481. The van der Waals surface area contributed by atoms with E-state index < -0.39 is 10.0 Å². The molecule has 0 aliphatic heterocycles. The number of primary sulfonamides is 1. The third-order valence-electron chi connectivity index (χ3n) is 2.27. The summed E-state index contributed by atoms with van der Waals surface area (Å²) in [6.07, 6.45) is 1.26. The molecule has 0 unspecified atom stereocenters. The first-order valence-electron chi connectivity index (χ1n) is 5.11. The summed E-state index contributed by atoms with van der Waals surface area (Å²) < 4.78 is 27.8. The number of thiazole rings is 1. The number of hydrogen-bond acceptors (Lipinski definition) is 6. The fourth-order valence-electron chi connectivity index (χ4n) is 1.43. The second kappa shape index (κ2) is 4.71. The minimum atomic E-state index is -3.68. The van der Waals surface area contributed by atoms with Gasteiger partial charge in [0.15, 0.2) is 9.34 Å². The average molecular weight is 287 g/mol. The van der Waals surface area contributed by atoms with Crippen LogP contribution in [0.1, 0.15) is 11.5 Å². The number of furan rings is 1. The molecule has 0 atom stereocenters. The van der Waals surface area contributed by atoms with Crippen LogP contribution in [0, 0.1) is 6.92 Å². The maximum Gasteiger partial charge on any atom is 0.249 e. The summed E-state index contributed by atoms with van der Waals surface area (Å²) >= 11 is 1.03. The number of anilines is 1. The third-order valence-corrected chi connectivity index (χ3v) is 4.79. The summed E-state index contributed by atoms with van der Waals surface area (Å²) in [5, 5.41) is 5.61. The van der Waals surface area contributed by atoms with Crippen LogP contribution in [0.5, 0.6) is 0 Å². The Morgan fingerprint density at radius 1 is 1.50 bits per heavy atom. The highest BCUT2D eigenvalue weighted by atomic mass is 32.2. The molecule has 8 heteroatoms. The lowest BCUT2D eigenvalue weighted by Crippen LogP contribution is -2.15. The van der Waals surface area contributed by atoms with Crippen LogP contribution in [0.3, 0.4) is 0 Å². The molecule has 0 saturated carbocycles. The average Bonchev–Trinajstić information content (AvgIpc) is 2.85. The molecule has 0 fully saturated rings. The zero-order valence-electron chi connectivity index (χ0n) is 9.95. The van der Waals surface area contributed by atoms with Crippen LogP contribution in [0.2, 0.25) is 0 Å². The highest BCUT2D eigenvalue weighted by Gasteiger charge is 2.15. The van der Waals surface area contributed by atoms with E-state index in [0.717, 1.165) is 22.9 Å². The molecule has 2 N–H and O–H groups in total. The fourth-order valence-corrected chi connectivity index (χ4v) is 2.93. The Morgan fingerprint density at radius 3 is 2.72 bits per heavy atom. The predicted molar refractivity (Wildman–Crippen MR) is 69.0 cm³/mol. The Balaban J connectivity index is 2.14. The van der Waals surface area contributed by atoms with Crippen molar-refractivity contribution in [2.45, 2.75) is 17.7 Å². The monoisotopic (exact) mass is 287 g/mol. The Hall–Kier alpha value is -1.38. The van der Waals surface area contributed by atoms with E-state index in [0.29, 0.717) is 11.7 Å². The van der Waals surface area contributed by atoms with Crippen molar-refractivity contribution in [1.82, 2.24) is 4.98 Å². The molecule has 0 aliphatic carbocycles. The zero-order chi connectivity index (χ0) is 13.3. The Morgan fingerprint density at radius 2 is 2.22 bits per heavy atom. The van der Waals surface area contributed by atoms with Crippen molar-refractivity contribution in [2.75, 3.05) is 11.9 Å². The van der Waals surface area contributed by atoms with Crippen LogP contribution in [-0.2, 0) is 16.6 Å². The number of rotatable bonds is 4. The molecule has 0 aromatic carbocycles. The van der Waals surface area contributed by atoms with Crippen LogP contribution in [-0.4, -0.2) is 20.4 Å². The van der Waals surface area contributed by atoms with Crippen molar-refractivity contribution in [1.29, 1.82) is 0 Å². The van der Waals surface area contributed by atoms with Crippen LogP contribution >= 0.6 is 11.3 Å². The van der Waals surface area contributed by atoms with Crippen LogP contribution < -0.4 is 10.0 Å². The first kappa shape index (κ1) is 13.1. The van der Waals surface area contributed by atoms with Gasteiger partial charge in [-0.1, -0.05) is 11.3 Å². The van der Waals surface area contributed by atoms with Crippen molar-refractivity contribution in [3.05, 3.63) is 29.9 Å². The lowest BCUT2D eigenvalue weighted by atomic mass is 10.4. The smallest absolute Gasteiger partial charge is 0.249 e. The van der Waals surface area contributed by atoms with Crippen molar-refractivity contribution >= 4 is 26.5 Å². The van der Waals surface area contributed by atoms with Gasteiger partial charge in [0, 0.05) is 7.05 Å². The van der Waals surface area contributed by atoms with Crippen molar-refractivity contribution in [2.24, 2.45) is 5.14 Å². The minimum Gasteiger partial charge on any atom is -0.464 e. The van der Waals surface area contributed by atoms with E-state index >= 15 is 0 Å². The molecule has 0 spiro atoms. The van der Waals surface area contributed by atoms with E-state index in [1.165, 1.54) is 6.20 Å². The fraction of sp³-hybridized carbons (Fsp3) is 0.300. The normalized spacial score (nSPS) is 11.7. The SMILES string of the molecule is Cc1ccc(CN(C)c2ncc(S(N)(=O)=O)s2)o1. The third kappa shape index (κ3) is 2.89. The number of nitrogens with two attached hydrogens (primary N) is 1. The summed E-state index contributed by atoms with van der Waals surface area (Å²) in [7, 11) is -1.87. The van der Waals surface area contributed by atoms with Gasteiger partial charge in [0.2, 0.25) is 10.0 Å². The van der Waals surface area contributed by atoms with Crippen molar-refractivity contribution in [3.63, 3.8) is 0 Å². The van der Waals surface area contributed by atoms with Gasteiger partial charge in [-0.3, -0.25) is 0 Å². The second-order valence-electron chi connectivity index (χ2n) is 3.88. The summed E-state index contributed by atoms with van der Waals surface area (Å²) in [6.45, 7) is 2.39. The van der Waals surface area contributed by atoms with Gasteiger partial charge in [-0.2, -0.15) is 0 Å². The molecule has 98 valence electrons. The van der Waals surface area contributed by atoms with E-state index in [2.05, 4.69) is 4.98 Å². The van der Waals surface area contributed by atoms with E-state index in [1.807, 2.05) is 26.1 Å². The molecular formula is C10H13N3O3S2. The summed E-state index contributed by atoms with van der Waals surface area (Å²) in [5.41, 5.74) is 0. The quantitative estimate of drug-likeness (QED) is 0.916. The maximum atomic E-state index is 11.1. The Bertz CT molecular complexity index is 645. The molecule has 2 heterocycles. The highest BCUT2D eigenvalue weighted by Crippen LogP contribution is 2.25. The molecule has 0 amide bonds. The molecule has 18 heavy (non-hydrogen) atoms. The minimum absolute atomic E-state index is 0.0555.